The van der Waals surface area contributed by atoms with Gasteiger partial charge in [-0.15, -0.1) is 0 Å². The van der Waals surface area contributed by atoms with Crippen molar-refractivity contribution in [1.82, 2.24) is 5.32 Å². The lowest BCUT2D eigenvalue weighted by atomic mass is 9.77. The molecule has 0 aromatic heterocycles. The summed E-state index contributed by atoms with van der Waals surface area (Å²) in [5, 5.41) is 3.50. The number of hydrogen-bond acceptors (Lipinski definition) is 3. The number of ether oxygens (including phenoxy) is 2. The van der Waals surface area contributed by atoms with Crippen molar-refractivity contribution >= 4 is 0 Å². The minimum absolute atomic E-state index is 0.387. The maximum atomic E-state index is 5.60. The fourth-order valence-electron chi connectivity index (χ4n) is 3.38. The van der Waals surface area contributed by atoms with Crippen molar-refractivity contribution < 1.29 is 9.47 Å². The first kappa shape index (κ1) is 8.88. The second kappa shape index (κ2) is 3.14. The van der Waals surface area contributed by atoms with Crippen LogP contribution in [-0.4, -0.2) is 19.9 Å². The van der Waals surface area contributed by atoms with Crippen LogP contribution in [0.3, 0.4) is 0 Å². The highest BCUT2D eigenvalue weighted by Gasteiger charge is 2.36. The van der Waals surface area contributed by atoms with Gasteiger partial charge in [-0.25, -0.2) is 0 Å². The zero-order valence-electron chi connectivity index (χ0n) is 9.16. The third kappa shape index (κ3) is 1.07. The van der Waals surface area contributed by atoms with Crippen LogP contribution in [0.25, 0.3) is 0 Å². The molecule has 4 rings (SSSR count). The second-order valence-corrected chi connectivity index (χ2v) is 4.93. The lowest BCUT2D eigenvalue weighted by Gasteiger charge is -2.28. The first-order valence-corrected chi connectivity index (χ1v) is 6.05. The van der Waals surface area contributed by atoms with Crippen LogP contribution in [0.4, 0.5) is 0 Å². The minimum atomic E-state index is 0.387. The molecule has 3 aliphatic rings. The van der Waals surface area contributed by atoms with Crippen LogP contribution in [0.1, 0.15) is 23.5 Å². The molecule has 84 valence electrons. The van der Waals surface area contributed by atoms with Gasteiger partial charge in [0.2, 0.25) is 6.79 Å². The molecule has 1 saturated heterocycles. The quantitative estimate of drug-likeness (QED) is 0.717. The molecule has 2 unspecified atom stereocenters. The van der Waals surface area contributed by atoms with E-state index in [9.17, 15) is 0 Å². The molecule has 2 heterocycles. The van der Waals surface area contributed by atoms with Gasteiger partial charge in [0, 0.05) is 18.0 Å². The maximum Gasteiger partial charge on any atom is 0.231 e. The SMILES string of the molecule is c1cc2c(c3c1OCO3)CCC1CNCC21. The molecule has 1 fully saturated rings. The van der Waals surface area contributed by atoms with E-state index in [1.54, 1.807) is 0 Å². The van der Waals surface area contributed by atoms with Gasteiger partial charge in [0.05, 0.1) is 0 Å². The Morgan fingerprint density at radius 1 is 1.19 bits per heavy atom. The van der Waals surface area contributed by atoms with Crippen molar-refractivity contribution in [2.45, 2.75) is 18.8 Å². The molecular formula is C13H15NO2. The highest BCUT2D eigenvalue weighted by Crippen LogP contribution is 2.46. The third-order valence-corrected chi connectivity index (χ3v) is 4.18. The lowest BCUT2D eigenvalue weighted by Crippen LogP contribution is -2.19. The molecule has 0 spiro atoms. The fraction of sp³-hybridized carbons (Fsp3) is 0.538. The van der Waals surface area contributed by atoms with Crippen LogP contribution in [0, 0.1) is 5.92 Å². The van der Waals surface area contributed by atoms with Gasteiger partial charge in [0.25, 0.3) is 0 Å². The van der Waals surface area contributed by atoms with E-state index in [2.05, 4.69) is 17.4 Å². The molecule has 2 aliphatic heterocycles. The van der Waals surface area contributed by atoms with Gasteiger partial charge in [-0.2, -0.15) is 0 Å². The molecule has 3 heteroatoms. The Bertz CT molecular complexity index is 444. The Morgan fingerprint density at radius 3 is 3.19 bits per heavy atom. The average molecular weight is 217 g/mol. The molecule has 16 heavy (non-hydrogen) atoms. The minimum Gasteiger partial charge on any atom is -0.454 e. The predicted octanol–water partition coefficient (Wildman–Crippen LogP) is 1.66. The van der Waals surface area contributed by atoms with Crippen LogP contribution >= 0.6 is 0 Å². The summed E-state index contributed by atoms with van der Waals surface area (Å²) in [4.78, 5) is 0. The summed E-state index contributed by atoms with van der Waals surface area (Å²) < 4.78 is 11.0. The molecular weight excluding hydrogens is 202 g/mol. The van der Waals surface area contributed by atoms with Gasteiger partial charge < -0.3 is 14.8 Å². The highest BCUT2D eigenvalue weighted by molar-refractivity contribution is 5.54. The van der Waals surface area contributed by atoms with Gasteiger partial charge in [0.1, 0.15) is 0 Å². The normalized spacial score (nSPS) is 30.0. The van der Waals surface area contributed by atoms with E-state index in [0.29, 0.717) is 12.7 Å². The van der Waals surface area contributed by atoms with E-state index in [1.165, 1.54) is 24.1 Å². The second-order valence-electron chi connectivity index (χ2n) is 4.93. The average Bonchev–Trinajstić information content (AvgIpc) is 2.96. The van der Waals surface area contributed by atoms with E-state index in [4.69, 9.17) is 9.47 Å². The molecule has 1 aromatic rings. The molecule has 0 saturated carbocycles. The lowest BCUT2D eigenvalue weighted by molar-refractivity contribution is 0.173. The summed E-state index contributed by atoms with van der Waals surface area (Å²) in [7, 11) is 0. The van der Waals surface area contributed by atoms with Gasteiger partial charge in [-0.3, -0.25) is 0 Å². The monoisotopic (exact) mass is 217 g/mol. The first-order valence-electron chi connectivity index (χ1n) is 6.05. The van der Waals surface area contributed by atoms with Crippen LogP contribution in [0.15, 0.2) is 12.1 Å². The number of fused-ring (bicyclic) bond motifs is 5. The van der Waals surface area contributed by atoms with Crippen molar-refractivity contribution in [2.75, 3.05) is 19.9 Å². The van der Waals surface area contributed by atoms with Crippen LogP contribution < -0.4 is 14.8 Å². The van der Waals surface area contributed by atoms with Gasteiger partial charge >= 0.3 is 0 Å². The Kier molecular flexibility index (Phi) is 1.74. The van der Waals surface area contributed by atoms with Crippen LogP contribution in [-0.2, 0) is 6.42 Å². The van der Waals surface area contributed by atoms with Gasteiger partial charge in [0.15, 0.2) is 11.5 Å². The molecule has 2 atom stereocenters. The van der Waals surface area contributed by atoms with E-state index in [1.807, 2.05) is 0 Å². The Balaban J connectivity index is 1.86. The molecule has 0 radical (unpaired) electrons. The van der Waals surface area contributed by atoms with Crippen molar-refractivity contribution in [3.63, 3.8) is 0 Å². The third-order valence-electron chi connectivity index (χ3n) is 4.18. The van der Waals surface area contributed by atoms with Crippen molar-refractivity contribution in [2.24, 2.45) is 5.92 Å². The Morgan fingerprint density at radius 2 is 2.19 bits per heavy atom. The van der Waals surface area contributed by atoms with Gasteiger partial charge in [-0.05, 0) is 36.9 Å². The van der Waals surface area contributed by atoms with E-state index < -0.39 is 0 Å². The zero-order chi connectivity index (χ0) is 10.5. The summed E-state index contributed by atoms with van der Waals surface area (Å²) in [5.41, 5.74) is 2.89. The molecule has 3 nitrogen and oxygen atoms in total. The summed E-state index contributed by atoms with van der Waals surface area (Å²) in [6, 6.07) is 4.31. The van der Waals surface area contributed by atoms with Crippen molar-refractivity contribution in [3.05, 3.63) is 23.3 Å². The molecule has 1 aliphatic carbocycles. The Labute approximate surface area is 94.7 Å². The number of benzene rings is 1. The van der Waals surface area contributed by atoms with Crippen LogP contribution in [0.2, 0.25) is 0 Å². The molecule has 0 bridgehead atoms. The Hall–Kier alpha value is -1.22. The fourth-order valence-corrected chi connectivity index (χ4v) is 3.38. The highest BCUT2D eigenvalue weighted by atomic mass is 16.7. The first-order chi connectivity index (χ1) is 7.93. The number of rotatable bonds is 0. The molecule has 0 amide bonds. The summed E-state index contributed by atoms with van der Waals surface area (Å²) in [6.45, 7) is 2.69. The smallest absolute Gasteiger partial charge is 0.231 e. The summed E-state index contributed by atoms with van der Waals surface area (Å²) in [5.74, 6) is 3.47. The standard InChI is InChI=1S/C13H15NO2/c1-2-10-9(11-6-14-5-8(1)11)3-4-12-13(10)16-7-15-12/h3-4,8,11,14H,1-2,5-7H2. The topological polar surface area (TPSA) is 30.5 Å². The van der Waals surface area contributed by atoms with Crippen LogP contribution in [0.5, 0.6) is 11.5 Å². The summed E-state index contributed by atoms with van der Waals surface area (Å²) >= 11 is 0. The largest absolute Gasteiger partial charge is 0.454 e. The molecule has 1 N–H and O–H groups in total. The number of nitrogens with one attached hydrogen (secondary N) is 1. The van der Waals surface area contributed by atoms with Crippen molar-refractivity contribution in [1.29, 1.82) is 0 Å². The molecule has 1 aromatic carbocycles. The van der Waals surface area contributed by atoms with Crippen molar-refractivity contribution in [3.8, 4) is 11.5 Å². The van der Waals surface area contributed by atoms with E-state index >= 15 is 0 Å². The summed E-state index contributed by atoms with van der Waals surface area (Å²) in [6.07, 6.45) is 2.43. The number of hydrogen-bond donors (Lipinski definition) is 1. The predicted molar refractivity (Wildman–Crippen MR) is 60.0 cm³/mol. The van der Waals surface area contributed by atoms with Gasteiger partial charge in [-0.1, -0.05) is 6.07 Å². The van der Waals surface area contributed by atoms with E-state index in [-0.39, 0.29) is 0 Å². The zero-order valence-corrected chi connectivity index (χ0v) is 9.16. The maximum absolute atomic E-state index is 5.60. The van der Waals surface area contributed by atoms with E-state index in [0.717, 1.165) is 30.4 Å².